The minimum absolute atomic E-state index is 0.0427. The predicted octanol–water partition coefficient (Wildman–Crippen LogP) is 4.69. The maximum Gasteiger partial charge on any atom is 0.124 e. The molecule has 0 aliphatic heterocycles. The second-order valence-corrected chi connectivity index (χ2v) is 5.52. The van der Waals surface area contributed by atoms with Crippen LogP contribution in [0.1, 0.15) is 18.5 Å². The molecule has 2 aromatic rings. The largest absolute Gasteiger partial charge is 0.508 e. The number of aromatic hydroxyl groups is 2. The van der Waals surface area contributed by atoms with Crippen molar-refractivity contribution in [1.82, 2.24) is 0 Å². The van der Waals surface area contributed by atoms with Gasteiger partial charge in [0, 0.05) is 26.8 Å². The van der Waals surface area contributed by atoms with E-state index in [1.165, 1.54) is 6.07 Å². The summed E-state index contributed by atoms with van der Waals surface area (Å²) in [5, 5.41) is 23.0. The van der Waals surface area contributed by atoms with E-state index in [2.05, 4.69) is 21.2 Å². The van der Waals surface area contributed by atoms with Gasteiger partial charge in [-0.25, -0.2) is 0 Å². The number of benzene rings is 2. The highest BCUT2D eigenvalue weighted by Gasteiger charge is 2.12. The lowest BCUT2D eigenvalue weighted by Crippen LogP contribution is -2.07. The summed E-state index contributed by atoms with van der Waals surface area (Å²) in [5.74, 6) is 0.103. The molecule has 0 fully saturated rings. The van der Waals surface area contributed by atoms with Crippen LogP contribution in [0.2, 0.25) is 5.02 Å². The van der Waals surface area contributed by atoms with Gasteiger partial charge in [0.2, 0.25) is 0 Å². The van der Waals surface area contributed by atoms with Gasteiger partial charge in [0.15, 0.2) is 0 Å². The number of phenols is 2. The predicted molar refractivity (Wildman–Crippen MR) is 81.0 cm³/mol. The maximum absolute atomic E-state index is 9.82. The first kappa shape index (κ1) is 14.0. The second kappa shape index (κ2) is 5.72. The van der Waals surface area contributed by atoms with Crippen molar-refractivity contribution in [2.75, 3.05) is 5.32 Å². The third-order valence-corrected chi connectivity index (χ3v) is 3.67. The third-order valence-electron chi connectivity index (χ3n) is 2.78. The zero-order valence-corrected chi connectivity index (χ0v) is 12.5. The van der Waals surface area contributed by atoms with Crippen LogP contribution in [0.3, 0.4) is 0 Å². The molecule has 100 valence electrons. The normalized spacial score (nSPS) is 12.2. The van der Waals surface area contributed by atoms with Crippen LogP contribution in [0.4, 0.5) is 5.69 Å². The van der Waals surface area contributed by atoms with Gasteiger partial charge in [-0.2, -0.15) is 0 Å². The van der Waals surface area contributed by atoms with Crippen molar-refractivity contribution in [3.8, 4) is 11.5 Å². The van der Waals surface area contributed by atoms with Crippen LogP contribution in [-0.4, -0.2) is 10.2 Å². The fourth-order valence-electron chi connectivity index (χ4n) is 1.82. The summed E-state index contributed by atoms with van der Waals surface area (Å²) < 4.78 is 0.852. The highest BCUT2D eigenvalue weighted by atomic mass is 79.9. The standard InChI is InChI=1S/C14H13BrClNO2/c1-8(11-4-3-10(18)7-14(11)19)17-13-5-2-9(16)6-12(13)15/h2-8,17-19H,1H3. The van der Waals surface area contributed by atoms with Gasteiger partial charge in [-0.15, -0.1) is 0 Å². The van der Waals surface area contributed by atoms with Gasteiger partial charge in [-0.1, -0.05) is 11.6 Å². The Morgan fingerprint density at radius 2 is 1.89 bits per heavy atom. The monoisotopic (exact) mass is 341 g/mol. The number of halogens is 2. The second-order valence-electron chi connectivity index (χ2n) is 4.23. The number of hydrogen-bond donors (Lipinski definition) is 3. The third kappa shape index (κ3) is 3.33. The van der Waals surface area contributed by atoms with Crippen LogP contribution in [0, 0.1) is 0 Å². The first-order valence-electron chi connectivity index (χ1n) is 5.71. The molecule has 0 bridgehead atoms. The Hall–Kier alpha value is -1.39. The fourth-order valence-corrected chi connectivity index (χ4v) is 2.61. The lowest BCUT2D eigenvalue weighted by molar-refractivity contribution is 0.444. The Morgan fingerprint density at radius 3 is 2.53 bits per heavy atom. The molecular formula is C14H13BrClNO2. The highest BCUT2D eigenvalue weighted by Crippen LogP contribution is 2.33. The number of phenolic OH excluding ortho intramolecular Hbond substituents is 2. The minimum Gasteiger partial charge on any atom is -0.508 e. The van der Waals surface area contributed by atoms with Crippen molar-refractivity contribution in [2.45, 2.75) is 13.0 Å². The van der Waals surface area contributed by atoms with Crippen LogP contribution in [0.15, 0.2) is 40.9 Å². The van der Waals surface area contributed by atoms with E-state index in [4.69, 9.17) is 11.6 Å². The van der Waals surface area contributed by atoms with Crippen LogP contribution >= 0.6 is 27.5 Å². The summed E-state index contributed by atoms with van der Waals surface area (Å²) in [7, 11) is 0. The van der Waals surface area contributed by atoms with Crippen molar-refractivity contribution in [1.29, 1.82) is 0 Å². The molecular weight excluding hydrogens is 330 g/mol. The van der Waals surface area contributed by atoms with Gasteiger partial charge in [0.05, 0.1) is 6.04 Å². The van der Waals surface area contributed by atoms with E-state index in [9.17, 15) is 10.2 Å². The summed E-state index contributed by atoms with van der Waals surface area (Å²) in [5.41, 5.74) is 1.59. The van der Waals surface area contributed by atoms with Crippen molar-refractivity contribution in [3.05, 3.63) is 51.5 Å². The quantitative estimate of drug-likeness (QED) is 0.758. The van der Waals surface area contributed by atoms with Crippen LogP contribution < -0.4 is 5.32 Å². The number of hydrogen-bond acceptors (Lipinski definition) is 3. The zero-order chi connectivity index (χ0) is 14.0. The Labute approximate surface area is 125 Å². The SMILES string of the molecule is CC(Nc1ccc(Cl)cc1Br)c1ccc(O)cc1O. The molecule has 2 rings (SSSR count). The van der Waals surface area contributed by atoms with Gasteiger partial charge in [-0.05, 0) is 53.2 Å². The van der Waals surface area contributed by atoms with Crippen LogP contribution in [0.25, 0.3) is 0 Å². The molecule has 0 spiro atoms. The molecule has 0 aliphatic carbocycles. The van der Waals surface area contributed by atoms with Gasteiger partial charge in [0.1, 0.15) is 11.5 Å². The first-order valence-corrected chi connectivity index (χ1v) is 6.88. The minimum atomic E-state index is -0.113. The summed E-state index contributed by atoms with van der Waals surface area (Å²) in [6.45, 7) is 1.92. The molecule has 0 aromatic heterocycles. The molecule has 0 heterocycles. The summed E-state index contributed by atoms with van der Waals surface area (Å²) in [6, 6.07) is 9.89. The molecule has 0 aliphatic rings. The number of rotatable bonds is 3. The molecule has 1 atom stereocenters. The van der Waals surface area contributed by atoms with E-state index < -0.39 is 0 Å². The molecule has 3 N–H and O–H groups in total. The Balaban J connectivity index is 2.23. The molecule has 5 heteroatoms. The Bertz CT molecular complexity index is 604. The molecule has 19 heavy (non-hydrogen) atoms. The smallest absolute Gasteiger partial charge is 0.124 e. The maximum atomic E-state index is 9.82. The van der Waals surface area contributed by atoms with E-state index in [0.717, 1.165) is 10.2 Å². The average Bonchev–Trinajstić information content (AvgIpc) is 2.32. The molecule has 0 radical (unpaired) electrons. The van der Waals surface area contributed by atoms with E-state index in [1.807, 2.05) is 13.0 Å². The molecule has 3 nitrogen and oxygen atoms in total. The Morgan fingerprint density at radius 1 is 1.16 bits per heavy atom. The summed E-state index contributed by atoms with van der Waals surface area (Å²) in [6.07, 6.45) is 0. The van der Waals surface area contributed by atoms with Crippen LogP contribution in [0.5, 0.6) is 11.5 Å². The van der Waals surface area contributed by atoms with Crippen molar-refractivity contribution in [2.24, 2.45) is 0 Å². The molecule has 0 amide bonds. The van der Waals surface area contributed by atoms with E-state index in [1.54, 1.807) is 24.3 Å². The van der Waals surface area contributed by atoms with Crippen molar-refractivity contribution < 1.29 is 10.2 Å². The van der Waals surface area contributed by atoms with Crippen LogP contribution in [-0.2, 0) is 0 Å². The lowest BCUT2D eigenvalue weighted by Gasteiger charge is -2.18. The fraction of sp³-hybridized carbons (Fsp3) is 0.143. The van der Waals surface area contributed by atoms with Gasteiger partial charge < -0.3 is 15.5 Å². The topological polar surface area (TPSA) is 52.5 Å². The Kier molecular flexibility index (Phi) is 4.22. The van der Waals surface area contributed by atoms with E-state index in [0.29, 0.717) is 10.6 Å². The number of anilines is 1. The lowest BCUT2D eigenvalue weighted by atomic mass is 10.1. The zero-order valence-electron chi connectivity index (χ0n) is 10.2. The van der Waals surface area contributed by atoms with Gasteiger partial charge in [0.25, 0.3) is 0 Å². The first-order chi connectivity index (χ1) is 8.97. The van der Waals surface area contributed by atoms with E-state index >= 15 is 0 Å². The summed E-state index contributed by atoms with van der Waals surface area (Å²) >= 11 is 9.32. The van der Waals surface area contributed by atoms with E-state index in [-0.39, 0.29) is 17.5 Å². The molecule has 1 unspecified atom stereocenters. The molecule has 0 saturated heterocycles. The summed E-state index contributed by atoms with van der Waals surface area (Å²) in [4.78, 5) is 0. The molecule has 2 aromatic carbocycles. The van der Waals surface area contributed by atoms with Crippen molar-refractivity contribution in [3.63, 3.8) is 0 Å². The molecule has 0 saturated carbocycles. The average molecular weight is 343 g/mol. The number of nitrogens with one attached hydrogen (secondary N) is 1. The van der Waals surface area contributed by atoms with Crippen molar-refractivity contribution >= 4 is 33.2 Å². The highest BCUT2D eigenvalue weighted by molar-refractivity contribution is 9.10. The van der Waals surface area contributed by atoms with Gasteiger partial charge >= 0.3 is 0 Å². The van der Waals surface area contributed by atoms with Gasteiger partial charge in [-0.3, -0.25) is 0 Å².